The van der Waals surface area contributed by atoms with Gasteiger partial charge in [-0.05, 0) is 94.3 Å². The number of amides is 2. The molecule has 4 rings (SSSR count). The van der Waals surface area contributed by atoms with Crippen LogP contribution < -0.4 is 20.7 Å². The molecular formula is C42H52Cl2F2N4O5. The maximum absolute atomic E-state index is 16.1. The molecule has 298 valence electrons. The highest BCUT2D eigenvalue weighted by atomic mass is 35.5. The Balaban J connectivity index is 1.68. The van der Waals surface area contributed by atoms with Crippen LogP contribution in [0.1, 0.15) is 95.1 Å². The number of halogens is 4. The van der Waals surface area contributed by atoms with E-state index < -0.39 is 51.9 Å². The Morgan fingerprint density at radius 2 is 1.67 bits per heavy atom. The van der Waals surface area contributed by atoms with Crippen LogP contribution in [0.3, 0.4) is 0 Å². The van der Waals surface area contributed by atoms with Gasteiger partial charge in [-0.25, -0.2) is 8.78 Å². The molecule has 2 amide bonds. The highest BCUT2D eigenvalue weighted by molar-refractivity contribution is 6.31. The second-order valence-corrected chi connectivity index (χ2v) is 17.4. The van der Waals surface area contributed by atoms with Gasteiger partial charge < -0.3 is 30.2 Å². The van der Waals surface area contributed by atoms with E-state index in [2.05, 4.69) is 22.0 Å². The third-order valence-corrected chi connectivity index (χ3v) is 10.6. The highest BCUT2D eigenvalue weighted by Crippen LogP contribution is 2.53. The van der Waals surface area contributed by atoms with E-state index in [4.69, 9.17) is 37.4 Å². The Morgan fingerprint density at radius 3 is 2.29 bits per heavy atom. The average Bonchev–Trinajstić information content (AvgIpc) is 3.41. The lowest BCUT2D eigenvalue weighted by atomic mass is 9.62. The summed E-state index contributed by atoms with van der Waals surface area (Å²) in [6, 6.07) is 13.2. The van der Waals surface area contributed by atoms with Gasteiger partial charge in [0.2, 0.25) is 5.91 Å². The van der Waals surface area contributed by atoms with Crippen LogP contribution in [0.25, 0.3) is 0 Å². The van der Waals surface area contributed by atoms with Crippen molar-refractivity contribution in [2.24, 2.45) is 5.41 Å². The summed E-state index contributed by atoms with van der Waals surface area (Å²) in [5.74, 6) is -3.65. The molecule has 0 saturated carbocycles. The predicted octanol–water partition coefficient (Wildman–Crippen LogP) is 8.97. The highest BCUT2D eigenvalue weighted by Gasteiger charge is 2.61. The molecule has 1 heterocycles. The largest absolute Gasteiger partial charge is 0.495 e. The van der Waals surface area contributed by atoms with Crippen molar-refractivity contribution >= 4 is 40.7 Å². The summed E-state index contributed by atoms with van der Waals surface area (Å²) < 4.78 is 48.9. The van der Waals surface area contributed by atoms with Gasteiger partial charge in [-0.2, -0.15) is 5.26 Å². The van der Waals surface area contributed by atoms with Gasteiger partial charge in [-0.1, -0.05) is 62.2 Å². The topological polar surface area (TPSA) is 122 Å². The fourth-order valence-corrected chi connectivity index (χ4v) is 7.49. The summed E-state index contributed by atoms with van der Waals surface area (Å²) in [5.41, 5.74) is -2.75. The Hall–Kier alpha value is -3.79. The van der Waals surface area contributed by atoms with Crippen molar-refractivity contribution in [2.75, 3.05) is 32.8 Å². The van der Waals surface area contributed by atoms with E-state index in [0.29, 0.717) is 26.1 Å². The van der Waals surface area contributed by atoms with Crippen LogP contribution in [0.4, 0.5) is 14.5 Å². The summed E-state index contributed by atoms with van der Waals surface area (Å²) >= 11 is 12.4. The van der Waals surface area contributed by atoms with Crippen molar-refractivity contribution in [3.05, 3.63) is 93.0 Å². The van der Waals surface area contributed by atoms with Crippen molar-refractivity contribution in [3.8, 4) is 11.8 Å². The van der Waals surface area contributed by atoms with Gasteiger partial charge in [0.1, 0.15) is 22.8 Å². The molecule has 1 saturated heterocycles. The van der Waals surface area contributed by atoms with Gasteiger partial charge in [-0.15, -0.1) is 0 Å². The summed E-state index contributed by atoms with van der Waals surface area (Å²) in [7, 11) is 3.05. The minimum atomic E-state index is -1.79. The summed E-state index contributed by atoms with van der Waals surface area (Å²) in [6.07, 6.45) is 1.58. The number of hydrogen-bond acceptors (Lipinski definition) is 7. The predicted molar refractivity (Wildman–Crippen MR) is 212 cm³/mol. The molecule has 1 aliphatic heterocycles. The zero-order valence-corrected chi connectivity index (χ0v) is 34.5. The lowest BCUT2D eigenvalue weighted by Crippen LogP contribution is -2.45. The number of nitrogens with one attached hydrogen (secondary N) is 3. The van der Waals surface area contributed by atoms with Gasteiger partial charge in [0.05, 0.1) is 35.5 Å². The van der Waals surface area contributed by atoms with Crippen LogP contribution in [0.2, 0.25) is 10.0 Å². The number of hydrogen-bond donors (Lipinski definition) is 3. The number of carbonyl (C=O) groups is 2. The maximum Gasteiger partial charge on any atom is 0.251 e. The van der Waals surface area contributed by atoms with E-state index in [1.807, 2.05) is 48.5 Å². The second kappa shape index (κ2) is 17.6. The number of rotatable bonds is 15. The fraction of sp³-hybridized carbons (Fsp3) is 0.500. The molecule has 0 aliphatic carbocycles. The molecule has 1 aliphatic rings. The molecule has 0 radical (unpaired) electrons. The van der Waals surface area contributed by atoms with Crippen molar-refractivity contribution in [2.45, 2.75) is 102 Å². The SMILES string of the molecule is COCCC(C)(C)OCCC(C)(C)NC(=O)c1ccc(NC(=O)C2NC(CC(C)(C)C)C(C#N)(c3ccc(Cl)cc3F)C2c2cccc(Cl)c2F)c(OC)c1. The third-order valence-electron chi connectivity index (χ3n) is 10.0. The van der Waals surface area contributed by atoms with E-state index in [1.54, 1.807) is 13.2 Å². The van der Waals surface area contributed by atoms with E-state index in [9.17, 15) is 14.9 Å². The minimum Gasteiger partial charge on any atom is -0.495 e. The summed E-state index contributed by atoms with van der Waals surface area (Å²) in [6.45, 7) is 14.7. The molecule has 55 heavy (non-hydrogen) atoms. The maximum atomic E-state index is 16.1. The molecule has 4 atom stereocenters. The van der Waals surface area contributed by atoms with Crippen LogP contribution in [-0.2, 0) is 19.7 Å². The van der Waals surface area contributed by atoms with Crippen LogP contribution in [0, 0.1) is 28.4 Å². The number of nitriles is 1. The first kappa shape index (κ1) is 43.9. The first-order valence-electron chi connectivity index (χ1n) is 18.2. The number of carbonyl (C=O) groups excluding carboxylic acids is 2. The summed E-state index contributed by atoms with van der Waals surface area (Å²) in [5, 5.41) is 20.2. The van der Waals surface area contributed by atoms with Crippen LogP contribution in [0.15, 0.2) is 54.6 Å². The number of anilines is 1. The molecule has 0 bridgehead atoms. The number of methoxy groups -OCH3 is 2. The molecule has 3 N–H and O–H groups in total. The second-order valence-electron chi connectivity index (χ2n) is 16.5. The average molecular weight is 802 g/mol. The Kier molecular flexibility index (Phi) is 14.0. The van der Waals surface area contributed by atoms with Crippen molar-refractivity contribution in [1.82, 2.24) is 10.6 Å². The zero-order chi connectivity index (χ0) is 40.9. The van der Waals surface area contributed by atoms with Crippen molar-refractivity contribution in [3.63, 3.8) is 0 Å². The Bertz CT molecular complexity index is 1910. The molecule has 0 aromatic heterocycles. The van der Waals surface area contributed by atoms with E-state index in [1.165, 1.54) is 49.6 Å². The standard InChI is InChI=1S/C42H52Cl2F2N4O5/c1-39(2,3)23-33-42(24-47,28-15-14-26(43)22-30(28)45)34(27-11-10-12-29(44)35(27)46)36(49-33)38(52)48-31-16-13-25(21-32(31)54-9)37(51)50-40(4,5)17-20-55-41(6,7)18-19-53-8/h10-16,21-22,33-34,36,49H,17-20,23H2,1-9H3,(H,48,52)(H,50,51). The zero-order valence-electron chi connectivity index (χ0n) is 33.0. The van der Waals surface area contributed by atoms with Gasteiger partial charge >= 0.3 is 0 Å². The van der Waals surface area contributed by atoms with E-state index in [-0.39, 0.29) is 49.7 Å². The molecule has 13 heteroatoms. The van der Waals surface area contributed by atoms with Gasteiger partial charge in [0.25, 0.3) is 5.91 Å². The Labute approximate surface area is 333 Å². The number of nitrogens with zero attached hydrogens (tertiary/aromatic N) is 1. The quantitative estimate of drug-likeness (QED) is 0.140. The molecule has 3 aromatic rings. The molecule has 4 unspecified atom stereocenters. The first-order valence-corrected chi connectivity index (χ1v) is 19.0. The minimum absolute atomic E-state index is 0.0296. The lowest BCUT2D eigenvalue weighted by Gasteiger charge is -2.37. The van der Waals surface area contributed by atoms with Gasteiger partial charge in [0.15, 0.2) is 0 Å². The van der Waals surface area contributed by atoms with Gasteiger partial charge in [-0.3, -0.25) is 9.59 Å². The summed E-state index contributed by atoms with van der Waals surface area (Å²) in [4.78, 5) is 27.9. The monoisotopic (exact) mass is 800 g/mol. The molecular weight excluding hydrogens is 749 g/mol. The van der Waals surface area contributed by atoms with Crippen LogP contribution in [-0.4, -0.2) is 62.5 Å². The molecule has 1 fully saturated rings. The Morgan fingerprint density at radius 1 is 0.964 bits per heavy atom. The first-order chi connectivity index (χ1) is 25.7. The van der Waals surface area contributed by atoms with Gasteiger partial charge in [0, 0.05) is 54.0 Å². The fourth-order valence-electron chi connectivity index (χ4n) is 7.15. The normalized spacial score (nSPS) is 20.2. The molecule has 0 spiro atoms. The molecule has 3 aromatic carbocycles. The number of ether oxygens (including phenoxy) is 3. The van der Waals surface area contributed by atoms with Crippen LogP contribution >= 0.6 is 23.2 Å². The number of benzene rings is 3. The third kappa shape index (κ3) is 10.3. The lowest BCUT2D eigenvalue weighted by molar-refractivity contribution is -0.118. The molecule has 9 nitrogen and oxygen atoms in total. The smallest absolute Gasteiger partial charge is 0.251 e. The van der Waals surface area contributed by atoms with E-state index >= 15 is 8.78 Å². The van der Waals surface area contributed by atoms with E-state index in [0.717, 1.165) is 12.5 Å². The van der Waals surface area contributed by atoms with Crippen LogP contribution in [0.5, 0.6) is 5.75 Å². The van der Waals surface area contributed by atoms with Crippen molar-refractivity contribution < 1.29 is 32.6 Å². The van der Waals surface area contributed by atoms with Crippen molar-refractivity contribution in [1.29, 1.82) is 5.26 Å².